The smallest absolute Gasteiger partial charge is 0.497 e. The number of methoxy groups -OCH3 is 1. The topological polar surface area (TPSA) is 63.6 Å². The molecule has 0 aliphatic heterocycles. The molecule has 0 fully saturated rings. The van der Waals surface area contributed by atoms with E-state index in [-0.39, 0.29) is 0 Å². The van der Waals surface area contributed by atoms with Gasteiger partial charge in [-0.2, -0.15) is 21.6 Å². The van der Waals surface area contributed by atoms with Gasteiger partial charge >= 0.3 is 15.6 Å². The molecule has 2 aromatic rings. The van der Waals surface area contributed by atoms with Crippen molar-refractivity contribution in [1.29, 1.82) is 0 Å². The quantitative estimate of drug-likeness (QED) is 0.410. The van der Waals surface area contributed by atoms with E-state index in [1.54, 1.807) is 7.11 Å². The molecular formula is C15H14F3IO4S. The second-order valence-electron chi connectivity index (χ2n) is 4.54. The summed E-state index contributed by atoms with van der Waals surface area (Å²) in [5, 5.41) is 0. The normalized spacial score (nSPS) is 11.4. The highest BCUT2D eigenvalue weighted by atomic mass is 127. The van der Waals surface area contributed by atoms with Crippen molar-refractivity contribution >= 4 is 32.7 Å². The van der Waals surface area contributed by atoms with Crippen molar-refractivity contribution in [3.05, 3.63) is 63.2 Å². The van der Waals surface area contributed by atoms with E-state index in [4.69, 9.17) is 17.7 Å². The van der Waals surface area contributed by atoms with Gasteiger partial charge in [0.05, 0.1) is 7.11 Å². The zero-order valence-electron chi connectivity index (χ0n) is 12.4. The Kier molecular flexibility index (Phi) is 7.49. The maximum Gasteiger partial charge on any atom is 0.522 e. The van der Waals surface area contributed by atoms with Crippen molar-refractivity contribution in [2.45, 2.75) is 11.9 Å². The molecule has 9 heteroatoms. The molecule has 0 unspecified atom stereocenters. The van der Waals surface area contributed by atoms with Crippen LogP contribution < -0.4 is 4.74 Å². The van der Waals surface area contributed by atoms with E-state index in [0.717, 1.165) is 12.2 Å². The maximum atomic E-state index is 10.7. The lowest BCUT2D eigenvalue weighted by Gasteiger charge is -2.05. The first-order chi connectivity index (χ1) is 11.0. The van der Waals surface area contributed by atoms with Crippen LogP contribution in [-0.4, -0.2) is 25.6 Å². The number of benzene rings is 2. The van der Waals surface area contributed by atoms with Crippen LogP contribution in [0.2, 0.25) is 0 Å². The first-order valence-electron chi connectivity index (χ1n) is 6.44. The molecule has 2 rings (SSSR count). The van der Waals surface area contributed by atoms with E-state index in [1.165, 1.54) is 14.7 Å². The fraction of sp³-hybridized carbons (Fsp3) is 0.200. The molecule has 2 aromatic carbocycles. The summed E-state index contributed by atoms with van der Waals surface area (Å²) in [5.74, 6) is 0.909. The Morgan fingerprint density at radius 1 is 1.08 bits per heavy atom. The molecule has 4 nitrogen and oxygen atoms in total. The molecule has 0 atom stereocenters. The van der Waals surface area contributed by atoms with Gasteiger partial charge in [-0.3, -0.25) is 4.55 Å². The van der Waals surface area contributed by atoms with Crippen molar-refractivity contribution in [2.75, 3.05) is 7.11 Å². The largest absolute Gasteiger partial charge is 0.522 e. The van der Waals surface area contributed by atoms with Gasteiger partial charge in [0, 0.05) is 3.57 Å². The minimum atomic E-state index is -5.84. The molecule has 0 saturated carbocycles. The Bertz CT molecular complexity index is 759. The summed E-state index contributed by atoms with van der Waals surface area (Å²) >= 11 is 2.38. The Morgan fingerprint density at radius 2 is 1.58 bits per heavy atom. The predicted octanol–water partition coefficient (Wildman–Crippen LogP) is 4.28. The van der Waals surface area contributed by atoms with Gasteiger partial charge in [-0.25, -0.2) is 0 Å². The average molecular weight is 474 g/mol. The van der Waals surface area contributed by atoms with Crippen molar-refractivity contribution in [3.63, 3.8) is 0 Å². The van der Waals surface area contributed by atoms with Crippen LogP contribution in [0.1, 0.15) is 11.1 Å². The first kappa shape index (κ1) is 20.7. The summed E-state index contributed by atoms with van der Waals surface area (Å²) in [7, 11) is -4.15. The van der Waals surface area contributed by atoms with Gasteiger partial charge in [0.15, 0.2) is 0 Å². The molecule has 0 saturated heterocycles. The summed E-state index contributed by atoms with van der Waals surface area (Å²) in [6.07, 6.45) is 0.975. The highest BCUT2D eigenvalue weighted by Crippen LogP contribution is 2.20. The average Bonchev–Trinajstić information content (AvgIpc) is 2.49. The van der Waals surface area contributed by atoms with Crippen molar-refractivity contribution in [1.82, 2.24) is 0 Å². The Hall–Kier alpha value is -1.33. The summed E-state index contributed by atoms with van der Waals surface area (Å²) in [6, 6.07) is 16.7. The molecule has 0 bridgehead atoms. The van der Waals surface area contributed by atoms with Crippen LogP contribution in [0.4, 0.5) is 13.2 Å². The summed E-state index contributed by atoms with van der Waals surface area (Å²) in [5.41, 5.74) is -2.86. The van der Waals surface area contributed by atoms with E-state index < -0.39 is 15.6 Å². The van der Waals surface area contributed by atoms with Crippen molar-refractivity contribution < 1.29 is 30.9 Å². The molecule has 24 heavy (non-hydrogen) atoms. The standard InChI is InChI=1S/C14H13IO.CHF3O3S/c1-16-13-8-6-11(7-9-13)10-12-4-2-3-5-14(12)15;2-1(3,4)8(5,6)7/h2-9H,10H2,1H3;(H,5,6,7). The summed E-state index contributed by atoms with van der Waals surface area (Å²) in [6.45, 7) is 0. The maximum absolute atomic E-state index is 10.7. The first-order valence-corrected chi connectivity index (χ1v) is 8.96. The lowest BCUT2D eigenvalue weighted by molar-refractivity contribution is -0.0510. The highest BCUT2D eigenvalue weighted by molar-refractivity contribution is 14.1. The Labute approximate surface area is 151 Å². The molecule has 0 aromatic heterocycles. The number of rotatable bonds is 3. The van der Waals surface area contributed by atoms with Gasteiger partial charge in [0.2, 0.25) is 0 Å². The predicted molar refractivity (Wildman–Crippen MR) is 92.6 cm³/mol. The lowest BCUT2D eigenvalue weighted by atomic mass is 10.1. The lowest BCUT2D eigenvalue weighted by Crippen LogP contribution is -2.21. The SMILES string of the molecule is COc1ccc(Cc2ccccc2I)cc1.O=S(=O)(O)C(F)(F)F. The van der Waals surface area contributed by atoms with Crippen LogP contribution in [0.3, 0.4) is 0 Å². The van der Waals surface area contributed by atoms with Crippen LogP contribution in [0.5, 0.6) is 5.75 Å². The van der Waals surface area contributed by atoms with E-state index in [0.29, 0.717) is 0 Å². The summed E-state index contributed by atoms with van der Waals surface area (Å²) in [4.78, 5) is 0. The van der Waals surface area contributed by atoms with E-state index in [2.05, 4.69) is 59.0 Å². The van der Waals surface area contributed by atoms with E-state index in [1.807, 2.05) is 12.1 Å². The van der Waals surface area contributed by atoms with E-state index >= 15 is 0 Å². The summed E-state index contributed by atoms with van der Waals surface area (Å²) < 4.78 is 64.0. The minimum Gasteiger partial charge on any atom is -0.497 e. The molecule has 132 valence electrons. The molecule has 0 amide bonds. The van der Waals surface area contributed by atoms with Crippen LogP contribution >= 0.6 is 22.6 Å². The van der Waals surface area contributed by atoms with Gasteiger partial charge in [0.25, 0.3) is 0 Å². The van der Waals surface area contributed by atoms with Crippen LogP contribution in [0, 0.1) is 3.57 Å². The van der Waals surface area contributed by atoms with Crippen LogP contribution in [0.25, 0.3) is 0 Å². The third kappa shape index (κ3) is 6.65. The van der Waals surface area contributed by atoms with Gasteiger partial charge in [-0.15, -0.1) is 0 Å². The molecule has 1 N–H and O–H groups in total. The number of ether oxygens (including phenoxy) is 1. The number of hydrogen-bond acceptors (Lipinski definition) is 3. The van der Waals surface area contributed by atoms with Crippen LogP contribution in [-0.2, 0) is 16.5 Å². The van der Waals surface area contributed by atoms with Gasteiger partial charge < -0.3 is 4.74 Å². The number of alkyl halides is 3. The molecule has 0 heterocycles. The number of halogens is 4. The van der Waals surface area contributed by atoms with E-state index in [9.17, 15) is 13.2 Å². The molecule has 0 aliphatic carbocycles. The van der Waals surface area contributed by atoms with Crippen LogP contribution in [0.15, 0.2) is 48.5 Å². The highest BCUT2D eigenvalue weighted by Gasteiger charge is 2.44. The van der Waals surface area contributed by atoms with Crippen molar-refractivity contribution in [3.8, 4) is 5.75 Å². The zero-order chi connectivity index (χ0) is 18.4. The Balaban J connectivity index is 0.000000307. The third-order valence-electron chi connectivity index (χ3n) is 2.80. The minimum absolute atomic E-state index is 0.909. The van der Waals surface area contributed by atoms with Crippen molar-refractivity contribution in [2.24, 2.45) is 0 Å². The number of hydrogen-bond donors (Lipinski definition) is 1. The second-order valence-corrected chi connectivity index (χ2v) is 7.11. The fourth-order valence-corrected chi connectivity index (χ4v) is 2.18. The van der Waals surface area contributed by atoms with Gasteiger partial charge in [-0.05, 0) is 58.3 Å². The zero-order valence-corrected chi connectivity index (χ0v) is 15.4. The molecule has 0 spiro atoms. The van der Waals surface area contributed by atoms with Gasteiger partial charge in [-0.1, -0.05) is 30.3 Å². The second kappa shape index (κ2) is 8.67. The Morgan fingerprint density at radius 3 is 2.00 bits per heavy atom. The van der Waals surface area contributed by atoms with Gasteiger partial charge in [0.1, 0.15) is 5.75 Å². The molecular weight excluding hydrogens is 460 g/mol. The third-order valence-corrected chi connectivity index (χ3v) is 4.44. The fourth-order valence-electron chi connectivity index (χ4n) is 1.61. The monoisotopic (exact) mass is 474 g/mol. The molecule has 0 radical (unpaired) electrons. The molecule has 0 aliphatic rings.